The number of nitrogens with one attached hydrogen (secondary N) is 1. The van der Waals surface area contributed by atoms with Gasteiger partial charge in [0.05, 0.1) is 0 Å². The van der Waals surface area contributed by atoms with Crippen molar-refractivity contribution >= 4 is 46.6 Å². The molecule has 0 saturated carbocycles. The van der Waals surface area contributed by atoms with E-state index in [1.807, 2.05) is 44.2 Å². The summed E-state index contributed by atoms with van der Waals surface area (Å²) in [6, 6.07) is 20.5. The van der Waals surface area contributed by atoms with Gasteiger partial charge in [-0.25, -0.2) is 0 Å². The van der Waals surface area contributed by atoms with Gasteiger partial charge in [-0.1, -0.05) is 77.3 Å². The third-order valence-corrected chi connectivity index (χ3v) is 6.04. The van der Waals surface area contributed by atoms with Gasteiger partial charge in [-0.2, -0.15) is 0 Å². The fraction of sp³-hybridized carbons (Fsp3) is 0.259. The summed E-state index contributed by atoms with van der Waals surface area (Å²) >= 11 is 18.5. The molecule has 1 unspecified atom stereocenters. The maximum Gasteiger partial charge on any atom is 0.261 e. The quantitative estimate of drug-likeness (QED) is 0.338. The van der Waals surface area contributed by atoms with Crippen molar-refractivity contribution in [3.8, 4) is 5.75 Å². The van der Waals surface area contributed by atoms with E-state index in [1.54, 1.807) is 42.5 Å². The Bertz CT molecular complexity index is 1160. The van der Waals surface area contributed by atoms with E-state index in [9.17, 15) is 9.59 Å². The Morgan fingerprint density at radius 3 is 2.29 bits per heavy atom. The Kier molecular flexibility index (Phi) is 9.84. The molecule has 0 bridgehead atoms. The van der Waals surface area contributed by atoms with E-state index in [4.69, 9.17) is 39.5 Å². The number of halogens is 3. The third kappa shape index (κ3) is 8.17. The fourth-order valence-electron chi connectivity index (χ4n) is 3.55. The van der Waals surface area contributed by atoms with Gasteiger partial charge in [-0.3, -0.25) is 9.59 Å². The first-order valence-electron chi connectivity index (χ1n) is 11.2. The molecule has 0 saturated heterocycles. The van der Waals surface area contributed by atoms with Gasteiger partial charge in [0, 0.05) is 34.1 Å². The van der Waals surface area contributed by atoms with Crippen molar-refractivity contribution in [3.05, 3.63) is 99.0 Å². The first-order valence-corrected chi connectivity index (χ1v) is 12.3. The number of nitrogens with zero attached hydrogens (tertiary/aromatic N) is 1. The van der Waals surface area contributed by atoms with Crippen LogP contribution in [0, 0.1) is 0 Å². The van der Waals surface area contributed by atoms with Gasteiger partial charge in [-0.15, -0.1) is 0 Å². The fourth-order valence-corrected chi connectivity index (χ4v) is 4.20. The van der Waals surface area contributed by atoms with Crippen molar-refractivity contribution < 1.29 is 14.3 Å². The van der Waals surface area contributed by atoms with Crippen LogP contribution >= 0.6 is 34.8 Å². The van der Waals surface area contributed by atoms with Crippen molar-refractivity contribution in [3.63, 3.8) is 0 Å². The Hall–Kier alpha value is -2.73. The number of ether oxygens (including phenoxy) is 1. The van der Waals surface area contributed by atoms with Crippen molar-refractivity contribution in [2.24, 2.45) is 0 Å². The van der Waals surface area contributed by atoms with Crippen LogP contribution in [0.25, 0.3) is 0 Å². The molecule has 0 heterocycles. The largest absolute Gasteiger partial charge is 0.484 e. The number of carbonyl (C=O) groups is 2. The summed E-state index contributed by atoms with van der Waals surface area (Å²) in [5.74, 6) is -0.164. The predicted octanol–water partition coefficient (Wildman–Crippen LogP) is 6.19. The summed E-state index contributed by atoms with van der Waals surface area (Å²) in [6.45, 7) is 3.59. The molecule has 1 N–H and O–H groups in total. The average Bonchev–Trinajstić information content (AvgIpc) is 2.81. The molecule has 0 fully saturated rings. The van der Waals surface area contributed by atoms with Crippen LogP contribution in [0.5, 0.6) is 5.75 Å². The van der Waals surface area contributed by atoms with Gasteiger partial charge in [0.25, 0.3) is 5.91 Å². The molecule has 5 nitrogen and oxygen atoms in total. The summed E-state index contributed by atoms with van der Waals surface area (Å²) in [4.78, 5) is 28.4. The number of rotatable bonds is 10. The second kappa shape index (κ2) is 12.8. The van der Waals surface area contributed by atoms with Gasteiger partial charge in [-0.05, 0) is 55.3 Å². The maximum absolute atomic E-state index is 13.5. The molecular formula is C27H27Cl3N2O3. The number of carbonyl (C=O) groups excluding carboxylic acids is 2. The number of hydrogen-bond acceptors (Lipinski definition) is 3. The maximum atomic E-state index is 13.5. The predicted molar refractivity (Wildman–Crippen MR) is 141 cm³/mol. The van der Waals surface area contributed by atoms with Crippen molar-refractivity contribution in [1.82, 2.24) is 10.2 Å². The Morgan fingerprint density at radius 1 is 0.914 bits per heavy atom. The van der Waals surface area contributed by atoms with E-state index < -0.39 is 6.04 Å². The van der Waals surface area contributed by atoms with E-state index in [0.717, 1.165) is 5.56 Å². The molecule has 3 aromatic carbocycles. The molecule has 3 aromatic rings. The number of hydrogen-bond donors (Lipinski definition) is 1. The molecule has 1 atom stereocenters. The zero-order valence-corrected chi connectivity index (χ0v) is 21.8. The number of benzene rings is 3. The van der Waals surface area contributed by atoms with Crippen LogP contribution in [0.1, 0.15) is 25.0 Å². The summed E-state index contributed by atoms with van der Waals surface area (Å²) in [5.41, 5.74) is 1.59. The minimum atomic E-state index is -0.790. The van der Waals surface area contributed by atoms with Crippen LogP contribution in [-0.2, 0) is 22.6 Å². The lowest BCUT2D eigenvalue weighted by atomic mass is 10.0. The second-order valence-corrected chi connectivity index (χ2v) is 9.65. The molecule has 0 radical (unpaired) electrons. The van der Waals surface area contributed by atoms with Crippen molar-refractivity contribution in [1.29, 1.82) is 0 Å². The molecule has 0 aliphatic rings. The van der Waals surface area contributed by atoms with Crippen LogP contribution in [0.2, 0.25) is 15.1 Å². The van der Waals surface area contributed by atoms with Crippen LogP contribution in [0.15, 0.2) is 72.8 Å². The summed E-state index contributed by atoms with van der Waals surface area (Å²) in [5, 5.41) is 4.34. The lowest BCUT2D eigenvalue weighted by molar-refractivity contribution is -0.143. The van der Waals surface area contributed by atoms with E-state index in [2.05, 4.69) is 5.32 Å². The van der Waals surface area contributed by atoms with Crippen LogP contribution in [0.4, 0.5) is 0 Å². The smallest absolute Gasteiger partial charge is 0.261 e. The third-order valence-electron chi connectivity index (χ3n) is 5.22. The second-order valence-electron chi connectivity index (χ2n) is 8.37. The monoisotopic (exact) mass is 532 g/mol. The molecule has 0 aliphatic carbocycles. The number of amides is 2. The summed E-state index contributed by atoms with van der Waals surface area (Å²) in [6.07, 6.45) is 0.327. The van der Waals surface area contributed by atoms with Crippen LogP contribution in [0.3, 0.4) is 0 Å². The molecule has 3 rings (SSSR count). The highest BCUT2D eigenvalue weighted by Crippen LogP contribution is 2.24. The zero-order chi connectivity index (χ0) is 25.4. The lowest BCUT2D eigenvalue weighted by Gasteiger charge is -2.32. The molecule has 35 heavy (non-hydrogen) atoms. The molecule has 0 spiro atoms. The van der Waals surface area contributed by atoms with E-state index in [1.165, 1.54) is 4.90 Å². The van der Waals surface area contributed by atoms with E-state index in [-0.39, 0.29) is 31.0 Å². The molecule has 0 aliphatic heterocycles. The van der Waals surface area contributed by atoms with Crippen molar-refractivity contribution in [2.75, 3.05) is 6.61 Å². The standard InChI is InChI=1S/C27H27Cl3N2O3/c1-18(2)31-27(34)25(13-19-7-4-3-5-8-19)32(16-20-11-12-22(29)15-24(20)30)26(33)17-35-23-10-6-9-21(28)14-23/h3-12,14-15,18,25H,13,16-17H2,1-2H3,(H,31,34). The van der Waals surface area contributed by atoms with Gasteiger partial charge >= 0.3 is 0 Å². The highest BCUT2D eigenvalue weighted by atomic mass is 35.5. The molecule has 2 amide bonds. The molecule has 184 valence electrons. The Balaban J connectivity index is 1.94. The van der Waals surface area contributed by atoms with E-state index in [0.29, 0.717) is 32.8 Å². The van der Waals surface area contributed by atoms with Crippen LogP contribution in [-0.4, -0.2) is 35.4 Å². The topological polar surface area (TPSA) is 58.6 Å². The van der Waals surface area contributed by atoms with E-state index >= 15 is 0 Å². The van der Waals surface area contributed by atoms with Crippen LogP contribution < -0.4 is 10.1 Å². The normalized spacial score (nSPS) is 11.7. The molecule has 8 heteroatoms. The first kappa shape index (κ1) is 26.9. The summed E-state index contributed by atoms with van der Waals surface area (Å²) in [7, 11) is 0. The minimum absolute atomic E-state index is 0.0976. The zero-order valence-electron chi connectivity index (χ0n) is 19.5. The van der Waals surface area contributed by atoms with Gasteiger partial charge in [0.15, 0.2) is 6.61 Å². The van der Waals surface area contributed by atoms with Gasteiger partial charge in [0.1, 0.15) is 11.8 Å². The average molecular weight is 534 g/mol. The summed E-state index contributed by atoms with van der Waals surface area (Å²) < 4.78 is 5.72. The lowest BCUT2D eigenvalue weighted by Crippen LogP contribution is -2.52. The van der Waals surface area contributed by atoms with Gasteiger partial charge < -0.3 is 15.0 Å². The Labute approximate surface area is 220 Å². The molecule has 0 aromatic heterocycles. The highest BCUT2D eigenvalue weighted by molar-refractivity contribution is 6.35. The highest BCUT2D eigenvalue weighted by Gasteiger charge is 2.31. The van der Waals surface area contributed by atoms with Gasteiger partial charge in [0.2, 0.25) is 5.91 Å². The molecular weight excluding hydrogens is 507 g/mol. The minimum Gasteiger partial charge on any atom is -0.484 e. The SMILES string of the molecule is CC(C)NC(=O)C(Cc1ccccc1)N(Cc1ccc(Cl)cc1Cl)C(=O)COc1cccc(Cl)c1. The Morgan fingerprint density at radius 2 is 1.63 bits per heavy atom. The first-order chi connectivity index (χ1) is 16.7. The van der Waals surface area contributed by atoms with Crippen molar-refractivity contribution in [2.45, 2.75) is 38.9 Å².